The second-order valence-electron chi connectivity index (χ2n) is 5.09. The molecule has 0 spiro atoms. The van der Waals surface area contributed by atoms with Crippen molar-refractivity contribution >= 4 is 5.91 Å². The Labute approximate surface area is 108 Å². The standard InChI is InChI=1S/C14H22N2O2/c1-3-14(6-8-15-9-7-14)13(17)16-11(2)12-5-4-10-18-12/h4-5,10-11,15H,3,6-9H2,1-2H3,(H,16,17). The highest BCUT2D eigenvalue weighted by Gasteiger charge is 2.38. The van der Waals surface area contributed by atoms with Gasteiger partial charge in [-0.25, -0.2) is 0 Å². The molecule has 1 unspecified atom stereocenters. The van der Waals surface area contributed by atoms with Gasteiger partial charge in [0.05, 0.1) is 17.7 Å². The molecule has 1 aromatic rings. The molecular weight excluding hydrogens is 228 g/mol. The third-order valence-electron chi connectivity index (χ3n) is 4.04. The number of nitrogens with one attached hydrogen (secondary N) is 2. The molecule has 0 aliphatic carbocycles. The molecule has 1 amide bonds. The van der Waals surface area contributed by atoms with Crippen LogP contribution in [0.25, 0.3) is 0 Å². The normalized spacial score (nSPS) is 20.3. The van der Waals surface area contributed by atoms with Crippen molar-refractivity contribution in [2.45, 2.75) is 39.2 Å². The molecule has 100 valence electrons. The number of carbonyl (C=O) groups excluding carboxylic acids is 1. The van der Waals surface area contributed by atoms with E-state index in [0.29, 0.717) is 0 Å². The highest BCUT2D eigenvalue weighted by atomic mass is 16.3. The minimum Gasteiger partial charge on any atom is -0.467 e. The lowest BCUT2D eigenvalue weighted by atomic mass is 9.75. The van der Waals surface area contributed by atoms with Crippen molar-refractivity contribution in [1.29, 1.82) is 0 Å². The minimum absolute atomic E-state index is 0.0641. The molecule has 2 rings (SSSR count). The maximum absolute atomic E-state index is 12.5. The predicted octanol–water partition coefficient (Wildman–Crippen LogP) is 2.24. The summed E-state index contributed by atoms with van der Waals surface area (Å²) < 4.78 is 5.32. The molecule has 1 atom stereocenters. The predicted molar refractivity (Wildman–Crippen MR) is 70.1 cm³/mol. The van der Waals surface area contributed by atoms with Crippen LogP contribution in [0, 0.1) is 5.41 Å². The Balaban J connectivity index is 2.01. The Morgan fingerprint density at radius 1 is 1.56 bits per heavy atom. The minimum atomic E-state index is -0.202. The maximum Gasteiger partial charge on any atom is 0.226 e. The van der Waals surface area contributed by atoms with Crippen LogP contribution in [-0.2, 0) is 4.79 Å². The summed E-state index contributed by atoms with van der Waals surface area (Å²) in [7, 11) is 0. The van der Waals surface area contributed by atoms with Crippen LogP contribution in [0.15, 0.2) is 22.8 Å². The molecule has 0 bridgehead atoms. The van der Waals surface area contributed by atoms with Gasteiger partial charge in [-0.2, -0.15) is 0 Å². The Morgan fingerprint density at radius 2 is 2.28 bits per heavy atom. The molecule has 2 N–H and O–H groups in total. The zero-order valence-corrected chi connectivity index (χ0v) is 11.2. The molecule has 2 heterocycles. The molecule has 1 saturated heterocycles. The van der Waals surface area contributed by atoms with Crippen LogP contribution < -0.4 is 10.6 Å². The first-order valence-electron chi connectivity index (χ1n) is 6.73. The van der Waals surface area contributed by atoms with E-state index in [-0.39, 0.29) is 17.4 Å². The summed E-state index contributed by atoms with van der Waals surface area (Å²) >= 11 is 0. The van der Waals surface area contributed by atoms with Gasteiger partial charge in [0.15, 0.2) is 0 Å². The molecule has 4 heteroatoms. The molecular formula is C14H22N2O2. The number of hydrogen-bond donors (Lipinski definition) is 2. The first kappa shape index (κ1) is 13.1. The van der Waals surface area contributed by atoms with Crippen molar-refractivity contribution in [3.8, 4) is 0 Å². The summed E-state index contributed by atoms with van der Waals surface area (Å²) in [5.74, 6) is 0.971. The van der Waals surface area contributed by atoms with Crippen LogP contribution in [0.1, 0.15) is 44.9 Å². The highest BCUT2D eigenvalue weighted by molar-refractivity contribution is 5.83. The van der Waals surface area contributed by atoms with Crippen LogP contribution >= 0.6 is 0 Å². The fraction of sp³-hybridized carbons (Fsp3) is 0.643. The van der Waals surface area contributed by atoms with Crippen molar-refractivity contribution in [2.24, 2.45) is 5.41 Å². The number of carbonyl (C=O) groups is 1. The zero-order valence-electron chi connectivity index (χ0n) is 11.2. The third kappa shape index (κ3) is 2.58. The summed E-state index contributed by atoms with van der Waals surface area (Å²) in [6.07, 6.45) is 4.36. The molecule has 0 saturated carbocycles. The lowest BCUT2D eigenvalue weighted by Gasteiger charge is -2.36. The monoisotopic (exact) mass is 250 g/mol. The van der Waals surface area contributed by atoms with Gasteiger partial charge in [-0.1, -0.05) is 6.92 Å². The lowest BCUT2D eigenvalue weighted by molar-refractivity contribution is -0.133. The Hall–Kier alpha value is -1.29. The molecule has 0 radical (unpaired) electrons. The van der Waals surface area contributed by atoms with Crippen molar-refractivity contribution in [3.63, 3.8) is 0 Å². The Bertz CT molecular complexity index is 381. The molecule has 1 aliphatic heterocycles. The van der Waals surface area contributed by atoms with Crippen molar-refractivity contribution in [1.82, 2.24) is 10.6 Å². The lowest BCUT2D eigenvalue weighted by Crippen LogP contribution is -2.47. The molecule has 1 aliphatic rings. The fourth-order valence-corrected chi connectivity index (χ4v) is 2.61. The van der Waals surface area contributed by atoms with Crippen LogP contribution in [0.4, 0.5) is 0 Å². The second kappa shape index (κ2) is 5.57. The average Bonchev–Trinajstić information content (AvgIpc) is 2.93. The van der Waals surface area contributed by atoms with Crippen LogP contribution in [0.3, 0.4) is 0 Å². The summed E-state index contributed by atoms with van der Waals surface area (Å²) in [5.41, 5.74) is -0.202. The average molecular weight is 250 g/mol. The second-order valence-corrected chi connectivity index (χ2v) is 5.09. The van der Waals surface area contributed by atoms with E-state index >= 15 is 0 Å². The van der Waals surface area contributed by atoms with Crippen LogP contribution in [0.5, 0.6) is 0 Å². The van der Waals surface area contributed by atoms with Gasteiger partial charge in [-0.15, -0.1) is 0 Å². The molecule has 1 fully saturated rings. The number of rotatable bonds is 4. The van der Waals surface area contributed by atoms with E-state index in [2.05, 4.69) is 17.6 Å². The van der Waals surface area contributed by atoms with E-state index in [1.165, 1.54) is 0 Å². The maximum atomic E-state index is 12.5. The van der Waals surface area contributed by atoms with E-state index in [9.17, 15) is 4.79 Å². The van der Waals surface area contributed by atoms with Crippen molar-refractivity contribution in [2.75, 3.05) is 13.1 Å². The van der Waals surface area contributed by atoms with Crippen LogP contribution in [0.2, 0.25) is 0 Å². The molecule has 0 aromatic carbocycles. The quantitative estimate of drug-likeness (QED) is 0.861. The fourth-order valence-electron chi connectivity index (χ4n) is 2.61. The van der Waals surface area contributed by atoms with Crippen molar-refractivity contribution < 1.29 is 9.21 Å². The molecule has 1 aromatic heterocycles. The van der Waals surface area contributed by atoms with E-state index in [1.807, 2.05) is 19.1 Å². The number of amides is 1. The van der Waals surface area contributed by atoms with E-state index in [4.69, 9.17) is 4.42 Å². The van der Waals surface area contributed by atoms with Gasteiger partial charge in [-0.05, 0) is 51.4 Å². The summed E-state index contributed by atoms with van der Waals surface area (Å²) in [6.45, 7) is 5.91. The van der Waals surface area contributed by atoms with E-state index in [1.54, 1.807) is 6.26 Å². The number of piperidine rings is 1. The first-order chi connectivity index (χ1) is 8.68. The number of hydrogen-bond acceptors (Lipinski definition) is 3. The molecule has 4 nitrogen and oxygen atoms in total. The SMILES string of the molecule is CCC1(C(=O)NC(C)c2ccco2)CCNCC1. The zero-order chi connectivity index (χ0) is 13.0. The van der Waals surface area contributed by atoms with Gasteiger partial charge in [0, 0.05) is 0 Å². The van der Waals surface area contributed by atoms with Gasteiger partial charge < -0.3 is 15.1 Å². The molecule has 18 heavy (non-hydrogen) atoms. The van der Waals surface area contributed by atoms with Crippen molar-refractivity contribution in [3.05, 3.63) is 24.2 Å². The van der Waals surface area contributed by atoms with Gasteiger partial charge in [0.25, 0.3) is 0 Å². The topological polar surface area (TPSA) is 54.3 Å². The number of furan rings is 1. The van der Waals surface area contributed by atoms with E-state index in [0.717, 1.165) is 38.1 Å². The van der Waals surface area contributed by atoms with Gasteiger partial charge in [0.2, 0.25) is 5.91 Å². The summed E-state index contributed by atoms with van der Waals surface area (Å²) in [4.78, 5) is 12.5. The smallest absolute Gasteiger partial charge is 0.226 e. The first-order valence-corrected chi connectivity index (χ1v) is 6.73. The summed E-state index contributed by atoms with van der Waals surface area (Å²) in [6, 6.07) is 3.68. The van der Waals surface area contributed by atoms with E-state index < -0.39 is 0 Å². The van der Waals surface area contributed by atoms with Gasteiger partial charge in [-0.3, -0.25) is 4.79 Å². The largest absolute Gasteiger partial charge is 0.467 e. The van der Waals surface area contributed by atoms with Crippen LogP contribution in [-0.4, -0.2) is 19.0 Å². The van der Waals surface area contributed by atoms with Gasteiger partial charge in [0.1, 0.15) is 5.76 Å². The Morgan fingerprint density at radius 3 is 2.83 bits per heavy atom. The third-order valence-corrected chi connectivity index (χ3v) is 4.04. The van der Waals surface area contributed by atoms with Gasteiger partial charge >= 0.3 is 0 Å². The Kier molecular flexibility index (Phi) is 4.07. The summed E-state index contributed by atoms with van der Waals surface area (Å²) in [5, 5.41) is 6.39. The highest BCUT2D eigenvalue weighted by Crippen LogP contribution is 2.33.